The van der Waals surface area contributed by atoms with Crippen molar-refractivity contribution in [1.29, 1.82) is 0 Å². The molecule has 2 heterocycles. The van der Waals surface area contributed by atoms with Gasteiger partial charge in [0, 0.05) is 6.42 Å². The molecule has 5 nitrogen and oxygen atoms in total. The number of phenols is 1. The molecule has 1 aromatic carbocycles. The van der Waals surface area contributed by atoms with Gasteiger partial charge in [-0.1, -0.05) is 23.7 Å². The largest absolute Gasteiger partial charge is 0.508 e. The number of fused-ring (bicyclic) bond motifs is 1. The van der Waals surface area contributed by atoms with Gasteiger partial charge in [-0.2, -0.15) is 9.61 Å². The number of hydrogen-bond acceptors (Lipinski definition) is 4. The molecule has 0 spiro atoms. The van der Waals surface area contributed by atoms with Crippen molar-refractivity contribution in [3.63, 3.8) is 0 Å². The van der Waals surface area contributed by atoms with Gasteiger partial charge >= 0.3 is 0 Å². The van der Waals surface area contributed by atoms with Crippen LogP contribution in [0.4, 0.5) is 0 Å². The summed E-state index contributed by atoms with van der Waals surface area (Å²) < 4.78 is 1.62. The van der Waals surface area contributed by atoms with E-state index in [0.717, 1.165) is 5.56 Å². The van der Waals surface area contributed by atoms with Gasteiger partial charge in [0.25, 0.3) is 0 Å². The first-order chi connectivity index (χ1) is 8.72. The Morgan fingerprint density at radius 1 is 1.06 bits per heavy atom. The van der Waals surface area contributed by atoms with Gasteiger partial charge in [0.1, 0.15) is 10.9 Å². The second-order valence-electron chi connectivity index (χ2n) is 3.89. The molecule has 0 fully saturated rings. The fourth-order valence-corrected chi connectivity index (χ4v) is 1.86. The molecule has 6 heteroatoms. The lowest BCUT2D eigenvalue weighted by Gasteiger charge is -2.00. The smallest absolute Gasteiger partial charge is 0.178 e. The summed E-state index contributed by atoms with van der Waals surface area (Å²) >= 11 is 5.85. The fraction of sp³-hybridized carbons (Fsp3) is 0.0833. The maximum absolute atomic E-state index is 9.23. The quantitative estimate of drug-likeness (QED) is 0.766. The summed E-state index contributed by atoms with van der Waals surface area (Å²) in [6, 6.07) is 10.4. The molecule has 0 unspecified atom stereocenters. The highest BCUT2D eigenvalue weighted by molar-refractivity contribution is 6.29. The molecular weight excluding hydrogens is 252 g/mol. The first-order valence-corrected chi connectivity index (χ1v) is 5.75. The number of rotatable bonds is 2. The van der Waals surface area contributed by atoms with E-state index in [1.807, 2.05) is 12.1 Å². The number of nitrogens with zero attached hydrogens (tertiary/aromatic N) is 4. The summed E-state index contributed by atoms with van der Waals surface area (Å²) in [5.41, 5.74) is 1.68. The lowest BCUT2D eigenvalue weighted by molar-refractivity contribution is 0.475. The van der Waals surface area contributed by atoms with Crippen molar-refractivity contribution in [2.24, 2.45) is 0 Å². The highest BCUT2D eigenvalue weighted by atomic mass is 35.5. The van der Waals surface area contributed by atoms with Crippen LogP contribution in [-0.2, 0) is 6.42 Å². The van der Waals surface area contributed by atoms with E-state index in [1.54, 1.807) is 28.8 Å². The molecule has 90 valence electrons. The molecule has 3 rings (SSSR count). The van der Waals surface area contributed by atoms with Crippen LogP contribution in [0.25, 0.3) is 5.65 Å². The van der Waals surface area contributed by atoms with Crippen LogP contribution < -0.4 is 0 Å². The zero-order valence-corrected chi connectivity index (χ0v) is 10.0. The molecule has 0 amide bonds. The van der Waals surface area contributed by atoms with E-state index >= 15 is 0 Å². The monoisotopic (exact) mass is 260 g/mol. The Kier molecular flexibility index (Phi) is 2.60. The van der Waals surface area contributed by atoms with Gasteiger partial charge in [-0.3, -0.25) is 0 Å². The predicted octanol–water partition coefficient (Wildman–Crippen LogP) is 2.07. The number of halogens is 1. The van der Waals surface area contributed by atoms with Crippen LogP contribution in [0.2, 0.25) is 5.15 Å². The second-order valence-corrected chi connectivity index (χ2v) is 4.27. The number of hydrogen-bond donors (Lipinski definition) is 1. The first kappa shape index (κ1) is 11.0. The van der Waals surface area contributed by atoms with Gasteiger partial charge in [-0.25, -0.2) is 0 Å². The van der Waals surface area contributed by atoms with Crippen LogP contribution in [0.3, 0.4) is 0 Å². The SMILES string of the molecule is Oc1ccc(Cc2nnc3ccc(Cl)nn23)cc1. The van der Waals surface area contributed by atoms with Crippen LogP contribution >= 0.6 is 11.6 Å². The second kappa shape index (κ2) is 4.27. The van der Waals surface area contributed by atoms with Gasteiger partial charge in [-0.05, 0) is 29.8 Å². The van der Waals surface area contributed by atoms with E-state index in [9.17, 15) is 5.11 Å². The normalized spacial score (nSPS) is 10.9. The Balaban J connectivity index is 1.99. The molecule has 0 aliphatic rings. The van der Waals surface area contributed by atoms with Crippen molar-refractivity contribution in [3.05, 3.63) is 52.9 Å². The topological polar surface area (TPSA) is 63.3 Å². The van der Waals surface area contributed by atoms with Crippen LogP contribution in [-0.4, -0.2) is 24.9 Å². The minimum atomic E-state index is 0.242. The van der Waals surface area contributed by atoms with E-state index in [1.165, 1.54) is 0 Å². The number of phenolic OH excluding ortho intramolecular Hbond substituents is 1. The molecule has 1 N–H and O–H groups in total. The van der Waals surface area contributed by atoms with Gasteiger partial charge in [0.15, 0.2) is 11.5 Å². The molecule has 0 aliphatic carbocycles. The summed E-state index contributed by atoms with van der Waals surface area (Å²) in [6.45, 7) is 0. The van der Waals surface area contributed by atoms with E-state index in [2.05, 4.69) is 15.3 Å². The maximum Gasteiger partial charge on any atom is 0.178 e. The molecule has 2 aromatic heterocycles. The Labute approximate surface area is 108 Å². The van der Waals surface area contributed by atoms with E-state index in [4.69, 9.17) is 11.6 Å². The van der Waals surface area contributed by atoms with E-state index in [0.29, 0.717) is 23.0 Å². The van der Waals surface area contributed by atoms with Crippen molar-refractivity contribution in [2.75, 3.05) is 0 Å². The van der Waals surface area contributed by atoms with E-state index in [-0.39, 0.29) is 5.75 Å². The third kappa shape index (κ3) is 2.00. The summed E-state index contributed by atoms with van der Waals surface area (Å²) in [7, 11) is 0. The standard InChI is InChI=1S/C12H9ClN4O/c13-10-5-6-11-14-15-12(17(11)16-10)7-8-1-3-9(18)4-2-8/h1-6,18H,7H2. The van der Waals surface area contributed by atoms with Crippen molar-refractivity contribution in [1.82, 2.24) is 19.8 Å². The molecule has 0 atom stereocenters. The summed E-state index contributed by atoms with van der Waals surface area (Å²) in [5, 5.41) is 21.9. The lowest BCUT2D eigenvalue weighted by atomic mass is 10.1. The summed E-state index contributed by atoms with van der Waals surface area (Å²) in [4.78, 5) is 0. The van der Waals surface area contributed by atoms with Gasteiger partial charge in [0.2, 0.25) is 0 Å². The van der Waals surface area contributed by atoms with Crippen LogP contribution in [0.15, 0.2) is 36.4 Å². The highest BCUT2D eigenvalue weighted by Gasteiger charge is 2.07. The van der Waals surface area contributed by atoms with Crippen molar-refractivity contribution in [2.45, 2.75) is 6.42 Å². The Morgan fingerprint density at radius 2 is 1.83 bits per heavy atom. The highest BCUT2D eigenvalue weighted by Crippen LogP contribution is 2.14. The van der Waals surface area contributed by atoms with Gasteiger partial charge < -0.3 is 5.11 Å². The Bertz CT molecular complexity index is 693. The zero-order valence-electron chi connectivity index (χ0n) is 9.29. The third-order valence-corrected chi connectivity index (χ3v) is 2.80. The summed E-state index contributed by atoms with van der Waals surface area (Å²) in [5.74, 6) is 0.948. The van der Waals surface area contributed by atoms with E-state index < -0.39 is 0 Å². The molecule has 0 aliphatic heterocycles. The van der Waals surface area contributed by atoms with Gasteiger partial charge in [0.05, 0.1) is 0 Å². The number of aromatic nitrogens is 4. The Hall–Kier alpha value is -2.14. The minimum absolute atomic E-state index is 0.242. The van der Waals surface area contributed by atoms with Crippen LogP contribution in [0.1, 0.15) is 11.4 Å². The molecule has 18 heavy (non-hydrogen) atoms. The molecule has 0 bridgehead atoms. The van der Waals surface area contributed by atoms with Crippen molar-refractivity contribution in [3.8, 4) is 5.75 Å². The molecule has 0 saturated heterocycles. The predicted molar refractivity (Wildman–Crippen MR) is 66.7 cm³/mol. The maximum atomic E-state index is 9.23. The third-order valence-electron chi connectivity index (χ3n) is 2.59. The minimum Gasteiger partial charge on any atom is -0.508 e. The first-order valence-electron chi connectivity index (χ1n) is 5.37. The zero-order chi connectivity index (χ0) is 12.5. The van der Waals surface area contributed by atoms with Crippen LogP contribution in [0.5, 0.6) is 5.75 Å². The molecule has 0 saturated carbocycles. The average Bonchev–Trinajstić information content (AvgIpc) is 2.75. The average molecular weight is 261 g/mol. The molecular formula is C12H9ClN4O. The lowest BCUT2D eigenvalue weighted by Crippen LogP contribution is -2.00. The van der Waals surface area contributed by atoms with Crippen molar-refractivity contribution < 1.29 is 5.11 Å². The molecule has 0 radical (unpaired) electrons. The fourth-order valence-electron chi connectivity index (χ4n) is 1.72. The van der Waals surface area contributed by atoms with Crippen LogP contribution in [0, 0.1) is 0 Å². The molecule has 3 aromatic rings. The van der Waals surface area contributed by atoms with Crippen molar-refractivity contribution >= 4 is 17.2 Å². The number of aromatic hydroxyl groups is 1. The van der Waals surface area contributed by atoms with Gasteiger partial charge in [-0.15, -0.1) is 10.2 Å². The Morgan fingerprint density at radius 3 is 2.61 bits per heavy atom. The number of benzene rings is 1. The summed E-state index contributed by atoms with van der Waals surface area (Å²) in [6.07, 6.45) is 0.578.